The molecule has 1 aliphatic rings. The molecule has 2 amide bonds. The number of aryl methyl sites for hydroxylation is 2. The summed E-state index contributed by atoms with van der Waals surface area (Å²) in [6, 6.07) is 8.89. The number of rotatable bonds is 5. The van der Waals surface area contributed by atoms with E-state index in [9.17, 15) is 14.4 Å². The molecule has 0 radical (unpaired) electrons. The molecule has 3 aromatic rings. The number of nitrogens with zero attached hydrogens (tertiary/aromatic N) is 5. The van der Waals surface area contributed by atoms with E-state index in [1.54, 1.807) is 23.4 Å². The molecule has 0 unspecified atom stereocenters. The number of amides is 2. The average molecular weight is 437 g/mol. The molecule has 168 valence electrons. The Morgan fingerprint density at radius 1 is 1.06 bits per heavy atom. The van der Waals surface area contributed by atoms with Gasteiger partial charge in [-0.3, -0.25) is 14.4 Å². The van der Waals surface area contributed by atoms with Crippen molar-refractivity contribution in [1.29, 1.82) is 0 Å². The Morgan fingerprint density at radius 3 is 2.44 bits per heavy atom. The summed E-state index contributed by atoms with van der Waals surface area (Å²) in [5.41, 5.74) is 2.22. The number of piperidine rings is 1. The van der Waals surface area contributed by atoms with Gasteiger partial charge >= 0.3 is 0 Å². The number of hydrogen-bond donors (Lipinski definition) is 1. The van der Waals surface area contributed by atoms with E-state index >= 15 is 0 Å². The van der Waals surface area contributed by atoms with Crippen LogP contribution in [0.25, 0.3) is 16.6 Å². The average Bonchev–Trinajstić information content (AvgIpc) is 3.15. The topological polar surface area (TPSA) is 102 Å². The molecular formula is C23H28N6O3. The third-order valence-corrected chi connectivity index (χ3v) is 5.89. The van der Waals surface area contributed by atoms with Gasteiger partial charge in [0.2, 0.25) is 11.8 Å². The van der Waals surface area contributed by atoms with Crippen LogP contribution in [0.4, 0.5) is 0 Å². The molecule has 1 atom stereocenters. The fourth-order valence-electron chi connectivity index (χ4n) is 4.22. The van der Waals surface area contributed by atoms with Crippen LogP contribution in [-0.2, 0) is 16.1 Å². The first kappa shape index (κ1) is 21.7. The number of hydrogen-bond acceptors (Lipinski definition) is 5. The van der Waals surface area contributed by atoms with Crippen LogP contribution < -0.4 is 10.9 Å². The van der Waals surface area contributed by atoms with E-state index in [0.29, 0.717) is 22.3 Å². The van der Waals surface area contributed by atoms with Crippen molar-refractivity contribution in [2.75, 3.05) is 13.1 Å². The maximum atomic E-state index is 13.1. The van der Waals surface area contributed by atoms with Crippen LogP contribution in [-0.4, -0.2) is 55.4 Å². The van der Waals surface area contributed by atoms with Crippen molar-refractivity contribution in [3.05, 3.63) is 52.1 Å². The standard InChI is InChI=1S/C23H28N6O3/c1-15-21-20(17(3)29(26-21)18-10-6-4-7-11-18)23(32)28(25-15)14-19(30)24-16(2)22(31)27-12-8-5-9-13-27/h4,6-7,10-11,16H,5,8-9,12-14H2,1-3H3,(H,24,30)/t16-/m1/s1. The molecule has 9 heteroatoms. The number of para-hydroxylation sites is 1. The zero-order chi connectivity index (χ0) is 22.8. The molecule has 1 fully saturated rings. The predicted molar refractivity (Wildman–Crippen MR) is 121 cm³/mol. The lowest BCUT2D eigenvalue weighted by Crippen LogP contribution is -2.49. The van der Waals surface area contributed by atoms with E-state index in [0.717, 1.165) is 42.7 Å². The minimum atomic E-state index is -0.649. The number of benzene rings is 1. The largest absolute Gasteiger partial charge is 0.343 e. The molecule has 1 saturated heterocycles. The van der Waals surface area contributed by atoms with Crippen LogP contribution in [0.2, 0.25) is 0 Å². The van der Waals surface area contributed by atoms with Crippen LogP contribution in [0.15, 0.2) is 35.1 Å². The van der Waals surface area contributed by atoms with Crippen LogP contribution in [0.3, 0.4) is 0 Å². The van der Waals surface area contributed by atoms with Crippen molar-refractivity contribution in [2.24, 2.45) is 0 Å². The van der Waals surface area contributed by atoms with Gasteiger partial charge in [0.1, 0.15) is 18.1 Å². The Balaban J connectivity index is 1.56. The predicted octanol–water partition coefficient (Wildman–Crippen LogP) is 1.72. The molecule has 0 aliphatic carbocycles. The first-order chi connectivity index (χ1) is 15.4. The number of nitrogens with one attached hydrogen (secondary N) is 1. The van der Waals surface area contributed by atoms with Gasteiger partial charge < -0.3 is 10.2 Å². The lowest BCUT2D eigenvalue weighted by atomic mass is 10.1. The highest BCUT2D eigenvalue weighted by molar-refractivity contribution is 5.87. The lowest BCUT2D eigenvalue weighted by molar-refractivity contribution is -0.136. The highest BCUT2D eigenvalue weighted by Crippen LogP contribution is 2.19. The van der Waals surface area contributed by atoms with Gasteiger partial charge in [-0.15, -0.1) is 0 Å². The second-order valence-electron chi connectivity index (χ2n) is 8.28. The van der Waals surface area contributed by atoms with Crippen molar-refractivity contribution in [3.8, 4) is 5.69 Å². The summed E-state index contributed by atoms with van der Waals surface area (Å²) in [6.07, 6.45) is 3.10. The third kappa shape index (κ3) is 4.15. The molecule has 0 bridgehead atoms. The fourth-order valence-corrected chi connectivity index (χ4v) is 4.22. The van der Waals surface area contributed by atoms with E-state index < -0.39 is 11.9 Å². The van der Waals surface area contributed by atoms with Crippen molar-refractivity contribution in [1.82, 2.24) is 29.8 Å². The molecule has 4 rings (SSSR count). The molecule has 9 nitrogen and oxygen atoms in total. The maximum Gasteiger partial charge on any atom is 0.278 e. The van der Waals surface area contributed by atoms with Crippen molar-refractivity contribution in [2.45, 2.75) is 52.6 Å². The van der Waals surface area contributed by atoms with Gasteiger partial charge in [-0.05, 0) is 52.2 Å². The summed E-state index contributed by atoms with van der Waals surface area (Å²) in [7, 11) is 0. The Hall–Kier alpha value is -3.49. The van der Waals surface area contributed by atoms with Crippen LogP contribution in [0.1, 0.15) is 37.6 Å². The highest BCUT2D eigenvalue weighted by Gasteiger charge is 2.24. The fraction of sp³-hybridized carbons (Fsp3) is 0.435. The Morgan fingerprint density at radius 2 is 1.75 bits per heavy atom. The van der Waals surface area contributed by atoms with E-state index in [1.165, 1.54) is 0 Å². The molecule has 0 spiro atoms. The summed E-state index contributed by atoms with van der Waals surface area (Å²) in [5, 5.41) is 12.0. The van der Waals surface area contributed by atoms with Crippen LogP contribution >= 0.6 is 0 Å². The van der Waals surface area contributed by atoms with Gasteiger partial charge in [0, 0.05) is 13.1 Å². The van der Waals surface area contributed by atoms with Crippen molar-refractivity contribution in [3.63, 3.8) is 0 Å². The Bertz CT molecular complexity index is 1210. The summed E-state index contributed by atoms with van der Waals surface area (Å²) < 4.78 is 2.86. The lowest BCUT2D eigenvalue weighted by Gasteiger charge is -2.29. The number of likely N-dealkylation sites (tertiary alicyclic amines) is 1. The van der Waals surface area contributed by atoms with Gasteiger partial charge in [0.25, 0.3) is 5.56 Å². The zero-order valence-electron chi connectivity index (χ0n) is 18.7. The molecule has 3 heterocycles. The molecule has 1 N–H and O–H groups in total. The highest BCUT2D eigenvalue weighted by atomic mass is 16.2. The number of carbonyl (C=O) groups excluding carboxylic acids is 2. The van der Waals surface area contributed by atoms with E-state index in [4.69, 9.17) is 0 Å². The van der Waals surface area contributed by atoms with Crippen molar-refractivity contribution >= 4 is 22.7 Å². The number of carbonyl (C=O) groups is 2. The molecule has 2 aromatic heterocycles. The van der Waals surface area contributed by atoms with Gasteiger partial charge in [-0.1, -0.05) is 18.2 Å². The maximum absolute atomic E-state index is 13.1. The normalized spacial score (nSPS) is 15.0. The first-order valence-corrected chi connectivity index (χ1v) is 11.0. The second kappa shape index (κ2) is 8.94. The smallest absolute Gasteiger partial charge is 0.278 e. The van der Waals surface area contributed by atoms with Gasteiger partial charge in [-0.25, -0.2) is 9.36 Å². The molecule has 32 heavy (non-hydrogen) atoms. The number of aromatic nitrogens is 4. The Labute approximate surface area is 186 Å². The van der Waals surface area contributed by atoms with Crippen LogP contribution in [0.5, 0.6) is 0 Å². The van der Waals surface area contributed by atoms with E-state index in [1.807, 2.05) is 37.3 Å². The zero-order valence-corrected chi connectivity index (χ0v) is 18.7. The summed E-state index contributed by atoms with van der Waals surface area (Å²) in [4.78, 5) is 40.1. The third-order valence-electron chi connectivity index (χ3n) is 5.89. The van der Waals surface area contributed by atoms with Gasteiger partial charge in [0.05, 0.1) is 22.5 Å². The molecule has 1 aliphatic heterocycles. The molecule has 1 aromatic carbocycles. The summed E-state index contributed by atoms with van der Waals surface area (Å²) >= 11 is 0. The van der Waals surface area contributed by atoms with Crippen molar-refractivity contribution < 1.29 is 9.59 Å². The molecular weight excluding hydrogens is 408 g/mol. The van der Waals surface area contributed by atoms with Gasteiger partial charge in [0.15, 0.2) is 0 Å². The number of fused-ring (bicyclic) bond motifs is 1. The first-order valence-electron chi connectivity index (χ1n) is 11.0. The second-order valence-corrected chi connectivity index (χ2v) is 8.28. The van der Waals surface area contributed by atoms with E-state index in [2.05, 4.69) is 15.5 Å². The molecule has 0 saturated carbocycles. The monoisotopic (exact) mass is 436 g/mol. The van der Waals surface area contributed by atoms with Crippen LogP contribution in [0, 0.1) is 13.8 Å². The summed E-state index contributed by atoms with van der Waals surface area (Å²) in [6.45, 7) is 6.45. The van der Waals surface area contributed by atoms with E-state index in [-0.39, 0.29) is 18.0 Å². The SMILES string of the molecule is Cc1nn(CC(=O)N[C@H](C)C(=O)N2CCCCC2)c(=O)c2c(C)n(-c3ccccc3)nc12. The summed E-state index contributed by atoms with van der Waals surface area (Å²) in [5.74, 6) is -0.519. The quantitative estimate of drug-likeness (QED) is 0.656. The minimum absolute atomic E-state index is 0.0926. The van der Waals surface area contributed by atoms with Gasteiger partial charge in [-0.2, -0.15) is 10.2 Å². The minimum Gasteiger partial charge on any atom is -0.343 e. The Kier molecular flexibility index (Phi) is 6.07.